The SMILES string of the molecule is COc1cc(OC)cc(-n2c(-c3cccnc3)nc3ccccc3c2=O)c1. The predicted molar refractivity (Wildman–Crippen MR) is 104 cm³/mol. The van der Waals surface area contributed by atoms with Crippen LogP contribution in [-0.4, -0.2) is 28.8 Å². The fraction of sp³-hybridized carbons (Fsp3) is 0.0952. The van der Waals surface area contributed by atoms with Crippen molar-refractivity contribution in [1.82, 2.24) is 14.5 Å². The fourth-order valence-electron chi connectivity index (χ4n) is 2.98. The van der Waals surface area contributed by atoms with E-state index >= 15 is 0 Å². The average molecular weight is 359 g/mol. The van der Waals surface area contributed by atoms with Crippen molar-refractivity contribution in [3.63, 3.8) is 0 Å². The highest BCUT2D eigenvalue weighted by Gasteiger charge is 2.16. The molecule has 6 nitrogen and oxygen atoms in total. The Hall–Kier alpha value is -3.67. The number of aromatic nitrogens is 3. The quantitative estimate of drug-likeness (QED) is 0.558. The van der Waals surface area contributed by atoms with Crippen LogP contribution in [0.25, 0.3) is 28.0 Å². The summed E-state index contributed by atoms with van der Waals surface area (Å²) in [5.41, 5.74) is 1.80. The predicted octanol–water partition coefficient (Wildman–Crippen LogP) is 3.46. The zero-order chi connectivity index (χ0) is 18.8. The second-order valence-corrected chi connectivity index (χ2v) is 5.91. The zero-order valence-corrected chi connectivity index (χ0v) is 14.9. The zero-order valence-electron chi connectivity index (χ0n) is 14.9. The molecule has 0 saturated heterocycles. The van der Waals surface area contributed by atoms with Gasteiger partial charge in [-0.2, -0.15) is 0 Å². The summed E-state index contributed by atoms with van der Waals surface area (Å²) in [5.74, 6) is 1.67. The van der Waals surface area contributed by atoms with E-state index in [0.717, 1.165) is 5.56 Å². The summed E-state index contributed by atoms with van der Waals surface area (Å²) in [5, 5.41) is 0.534. The maximum atomic E-state index is 13.3. The van der Waals surface area contributed by atoms with Crippen LogP contribution in [-0.2, 0) is 0 Å². The summed E-state index contributed by atoms with van der Waals surface area (Å²) in [6.07, 6.45) is 3.37. The molecule has 4 rings (SSSR count). The van der Waals surface area contributed by atoms with E-state index in [1.165, 1.54) is 0 Å². The first-order valence-corrected chi connectivity index (χ1v) is 8.37. The lowest BCUT2D eigenvalue weighted by atomic mass is 10.2. The summed E-state index contributed by atoms with van der Waals surface area (Å²) in [6, 6.07) is 16.3. The normalized spacial score (nSPS) is 10.7. The average Bonchev–Trinajstić information content (AvgIpc) is 2.73. The maximum Gasteiger partial charge on any atom is 0.266 e. The van der Waals surface area contributed by atoms with Crippen molar-refractivity contribution in [2.45, 2.75) is 0 Å². The molecule has 0 spiro atoms. The first-order valence-electron chi connectivity index (χ1n) is 8.37. The van der Waals surface area contributed by atoms with E-state index < -0.39 is 0 Å². The number of nitrogens with zero attached hydrogens (tertiary/aromatic N) is 3. The standard InChI is InChI=1S/C21H17N3O3/c1-26-16-10-15(11-17(12-16)27-2)24-20(14-6-5-9-22-13-14)23-19-8-4-3-7-18(19)21(24)25/h3-13H,1-2H3. The molecule has 0 aliphatic rings. The van der Waals surface area contributed by atoms with Crippen molar-refractivity contribution in [3.8, 4) is 28.6 Å². The smallest absolute Gasteiger partial charge is 0.266 e. The van der Waals surface area contributed by atoms with Gasteiger partial charge in [0, 0.05) is 36.2 Å². The number of hydrogen-bond donors (Lipinski definition) is 0. The number of para-hydroxylation sites is 1. The van der Waals surface area contributed by atoms with Crippen LogP contribution < -0.4 is 15.0 Å². The number of fused-ring (bicyclic) bond motifs is 1. The highest BCUT2D eigenvalue weighted by Crippen LogP contribution is 2.28. The Morgan fingerprint density at radius 2 is 1.67 bits per heavy atom. The monoisotopic (exact) mass is 359 g/mol. The van der Waals surface area contributed by atoms with Gasteiger partial charge in [0.15, 0.2) is 0 Å². The maximum absolute atomic E-state index is 13.3. The number of methoxy groups -OCH3 is 2. The third-order valence-corrected chi connectivity index (χ3v) is 4.29. The van der Waals surface area contributed by atoms with Crippen molar-refractivity contribution in [2.24, 2.45) is 0 Å². The lowest BCUT2D eigenvalue weighted by molar-refractivity contribution is 0.394. The molecule has 2 aromatic carbocycles. The Balaban J connectivity index is 2.10. The van der Waals surface area contributed by atoms with Gasteiger partial charge in [0.05, 0.1) is 30.8 Å². The minimum absolute atomic E-state index is 0.172. The molecule has 0 fully saturated rings. The summed E-state index contributed by atoms with van der Waals surface area (Å²) >= 11 is 0. The van der Waals surface area contributed by atoms with E-state index in [0.29, 0.717) is 33.9 Å². The van der Waals surface area contributed by atoms with Crippen LogP contribution in [0.3, 0.4) is 0 Å². The van der Waals surface area contributed by atoms with Gasteiger partial charge in [0.1, 0.15) is 17.3 Å². The summed E-state index contributed by atoms with van der Waals surface area (Å²) in [6.45, 7) is 0. The molecule has 4 aromatic rings. The lowest BCUT2D eigenvalue weighted by Crippen LogP contribution is -2.22. The van der Waals surface area contributed by atoms with Crippen LogP contribution in [0, 0.1) is 0 Å². The Morgan fingerprint density at radius 1 is 0.926 bits per heavy atom. The van der Waals surface area contributed by atoms with Crippen LogP contribution in [0.4, 0.5) is 0 Å². The van der Waals surface area contributed by atoms with Crippen molar-refractivity contribution < 1.29 is 9.47 Å². The number of ether oxygens (including phenoxy) is 2. The number of benzene rings is 2. The largest absolute Gasteiger partial charge is 0.497 e. The van der Waals surface area contributed by atoms with Gasteiger partial charge < -0.3 is 9.47 Å². The van der Waals surface area contributed by atoms with E-state index in [9.17, 15) is 4.79 Å². The first kappa shape index (κ1) is 16.8. The van der Waals surface area contributed by atoms with Gasteiger partial charge in [-0.25, -0.2) is 4.98 Å². The lowest BCUT2D eigenvalue weighted by Gasteiger charge is -2.15. The molecular weight excluding hydrogens is 342 g/mol. The van der Waals surface area contributed by atoms with E-state index in [1.54, 1.807) is 55.4 Å². The Labute approximate surface area is 155 Å². The van der Waals surface area contributed by atoms with Crippen LogP contribution in [0.2, 0.25) is 0 Å². The molecule has 0 bridgehead atoms. The van der Waals surface area contributed by atoms with Gasteiger partial charge in [-0.3, -0.25) is 14.3 Å². The molecule has 2 heterocycles. The molecule has 0 N–H and O–H groups in total. The minimum Gasteiger partial charge on any atom is -0.497 e. The topological polar surface area (TPSA) is 66.2 Å². The molecule has 0 amide bonds. The highest BCUT2D eigenvalue weighted by atomic mass is 16.5. The van der Waals surface area contributed by atoms with E-state index in [4.69, 9.17) is 14.5 Å². The van der Waals surface area contributed by atoms with Crippen molar-refractivity contribution >= 4 is 10.9 Å². The molecule has 0 saturated carbocycles. The molecule has 27 heavy (non-hydrogen) atoms. The van der Waals surface area contributed by atoms with Crippen LogP contribution in [0.5, 0.6) is 11.5 Å². The third kappa shape index (κ3) is 3.01. The van der Waals surface area contributed by atoms with Gasteiger partial charge in [0.2, 0.25) is 0 Å². The van der Waals surface area contributed by atoms with Crippen molar-refractivity contribution in [1.29, 1.82) is 0 Å². The number of pyridine rings is 1. The molecule has 2 aromatic heterocycles. The summed E-state index contributed by atoms with van der Waals surface area (Å²) in [4.78, 5) is 22.2. The van der Waals surface area contributed by atoms with E-state index in [-0.39, 0.29) is 5.56 Å². The fourth-order valence-corrected chi connectivity index (χ4v) is 2.98. The van der Waals surface area contributed by atoms with Crippen LogP contribution in [0.1, 0.15) is 0 Å². The van der Waals surface area contributed by atoms with Gasteiger partial charge in [-0.15, -0.1) is 0 Å². The summed E-state index contributed by atoms with van der Waals surface area (Å²) < 4.78 is 12.3. The Kier molecular flexibility index (Phi) is 4.30. The minimum atomic E-state index is -0.172. The molecule has 6 heteroatoms. The first-order chi connectivity index (χ1) is 13.2. The highest BCUT2D eigenvalue weighted by molar-refractivity contribution is 5.80. The van der Waals surface area contributed by atoms with E-state index in [1.807, 2.05) is 30.3 Å². The summed E-state index contributed by atoms with van der Waals surface area (Å²) in [7, 11) is 3.14. The molecule has 0 aliphatic heterocycles. The second-order valence-electron chi connectivity index (χ2n) is 5.91. The van der Waals surface area contributed by atoms with Gasteiger partial charge in [-0.05, 0) is 24.3 Å². The number of rotatable bonds is 4. The van der Waals surface area contributed by atoms with Crippen LogP contribution >= 0.6 is 0 Å². The van der Waals surface area contributed by atoms with Gasteiger partial charge in [0.25, 0.3) is 5.56 Å². The molecule has 134 valence electrons. The Morgan fingerprint density at radius 3 is 2.33 bits per heavy atom. The van der Waals surface area contributed by atoms with E-state index in [2.05, 4.69) is 4.98 Å². The molecule has 0 atom stereocenters. The number of hydrogen-bond acceptors (Lipinski definition) is 5. The third-order valence-electron chi connectivity index (χ3n) is 4.29. The second kappa shape index (κ2) is 6.92. The van der Waals surface area contributed by atoms with Crippen molar-refractivity contribution in [3.05, 3.63) is 77.3 Å². The molecular formula is C21H17N3O3. The molecule has 0 aliphatic carbocycles. The van der Waals surface area contributed by atoms with Crippen LogP contribution in [0.15, 0.2) is 71.8 Å². The Bertz CT molecular complexity index is 1150. The van der Waals surface area contributed by atoms with Crippen molar-refractivity contribution in [2.75, 3.05) is 14.2 Å². The van der Waals surface area contributed by atoms with Gasteiger partial charge in [-0.1, -0.05) is 12.1 Å². The molecule has 0 unspecified atom stereocenters. The molecule has 0 radical (unpaired) electrons. The van der Waals surface area contributed by atoms with Gasteiger partial charge >= 0.3 is 0 Å².